The third-order valence-electron chi connectivity index (χ3n) is 3.05. The van der Waals surface area contributed by atoms with Crippen LogP contribution < -0.4 is 5.32 Å². The zero-order valence-corrected chi connectivity index (χ0v) is 14.5. The summed E-state index contributed by atoms with van der Waals surface area (Å²) in [4.78, 5) is 0. The molecule has 0 aliphatic rings. The third-order valence-corrected chi connectivity index (χ3v) is 4.81. The number of nitrogens with one attached hydrogen (secondary N) is 1. The van der Waals surface area contributed by atoms with Gasteiger partial charge >= 0.3 is 7.60 Å². The fourth-order valence-corrected chi connectivity index (χ4v) is 3.38. The lowest BCUT2D eigenvalue weighted by Crippen LogP contribution is -1.96. The predicted molar refractivity (Wildman–Crippen MR) is 93.0 cm³/mol. The first-order chi connectivity index (χ1) is 11.1. The fraction of sp³-hybridized carbons (Fsp3) is 0.312. The first-order valence-electron chi connectivity index (χ1n) is 7.52. The van der Waals surface area contributed by atoms with Crippen molar-refractivity contribution in [2.45, 2.75) is 13.8 Å². The van der Waals surface area contributed by atoms with Gasteiger partial charge in [-0.15, -0.1) is 5.10 Å². The van der Waals surface area contributed by atoms with Crippen LogP contribution in [0.5, 0.6) is 0 Å². The predicted octanol–water partition coefficient (Wildman–Crippen LogP) is 4.15. The van der Waals surface area contributed by atoms with Crippen LogP contribution in [-0.2, 0) is 13.6 Å². The summed E-state index contributed by atoms with van der Waals surface area (Å²) in [5.41, 5.74) is 1.75. The SMILES string of the molecule is CCOP(=O)(/C=C/c1cn(-c2ccccc2)nc1NC)OCC. The Bertz CT molecular complexity index is 688. The van der Waals surface area contributed by atoms with Crippen molar-refractivity contribution in [2.75, 3.05) is 25.6 Å². The summed E-state index contributed by atoms with van der Waals surface area (Å²) < 4.78 is 24.8. The molecular formula is C16H22N3O3P. The van der Waals surface area contributed by atoms with E-state index < -0.39 is 7.60 Å². The van der Waals surface area contributed by atoms with Gasteiger partial charge in [0.05, 0.1) is 18.9 Å². The van der Waals surface area contributed by atoms with Crippen molar-refractivity contribution in [3.8, 4) is 5.69 Å². The van der Waals surface area contributed by atoms with Gasteiger partial charge in [-0.3, -0.25) is 4.57 Å². The second kappa shape index (κ2) is 8.11. The first-order valence-corrected chi connectivity index (χ1v) is 9.14. The normalized spacial score (nSPS) is 12.0. The molecule has 0 saturated carbocycles. The second-order valence-corrected chi connectivity index (χ2v) is 6.55. The van der Waals surface area contributed by atoms with Crippen molar-refractivity contribution >= 4 is 19.5 Å². The molecule has 1 aromatic carbocycles. The summed E-state index contributed by atoms with van der Waals surface area (Å²) in [5.74, 6) is 2.16. The van der Waals surface area contributed by atoms with Gasteiger partial charge in [0, 0.05) is 24.6 Å². The van der Waals surface area contributed by atoms with E-state index in [0.717, 1.165) is 11.3 Å². The highest BCUT2D eigenvalue weighted by Crippen LogP contribution is 2.50. The number of rotatable bonds is 8. The van der Waals surface area contributed by atoms with Crippen LogP contribution in [0, 0.1) is 0 Å². The van der Waals surface area contributed by atoms with Crippen LogP contribution in [0.4, 0.5) is 5.82 Å². The van der Waals surface area contributed by atoms with Crippen LogP contribution in [0.25, 0.3) is 11.8 Å². The Morgan fingerprint density at radius 3 is 2.43 bits per heavy atom. The molecule has 2 aromatic rings. The van der Waals surface area contributed by atoms with Crippen LogP contribution in [0.1, 0.15) is 19.4 Å². The molecule has 0 saturated heterocycles. The van der Waals surface area contributed by atoms with Gasteiger partial charge in [0.15, 0.2) is 5.82 Å². The van der Waals surface area contributed by atoms with Gasteiger partial charge in [0.2, 0.25) is 0 Å². The molecular weight excluding hydrogens is 313 g/mol. The van der Waals surface area contributed by atoms with E-state index in [9.17, 15) is 4.57 Å². The van der Waals surface area contributed by atoms with Gasteiger partial charge in [-0.2, -0.15) is 0 Å². The molecule has 0 aliphatic carbocycles. The van der Waals surface area contributed by atoms with E-state index in [0.29, 0.717) is 19.0 Å². The quantitative estimate of drug-likeness (QED) is 0.734. The van der Waals surface area contributed by atoms with Gasteiger partial charge < -0.3 is 14.4 Å². The Balaban J connectivity index is 2.30. The first kappa shape index (κ1) is 17.5. The maximum atomic E-state index is 12.5. The van der Waals surface area contributed by atoms with Gasteiger partial charge in [-0.1, -0.05) is 18.2 Å². The van der Waals surface area contributed by atoms with E-state index >= 15 is 0 Å². The number of anilines is 1. The highest BCUT2D eigenvalue weighted by molar-refractivity contribution is 7.57. The number of hydrogen-bond donors (Lipinski definition) is 1. The van der Waals surface area contributed by atoms with Crippen molar-refractivity contribution in [1.82, 2.24) is 9.78 Å². The Morgan fingerprint density at radius 2 is 1.87 bits per heavy atom. The van der Waals surface area contributed by atoms with Gasteiger partial charge in [-0.05, 0) is 32.1 Å². The van der Waals surface area contributed by atoms with E-state index in [1.54, 1.807) is 31.7 Å². The minimum absolute atomic E-state index is 0.323. The smallest absolute Gasteiger partial charge is 0.354 e. The molecule has 0 radical (unpaired) electrons. The Kier molecular flexibility index (Phi) is 6.16. The van der Waals surface area contributed by atoms with Crippen LogP contribution in [0.15, 0.2) is 42.3 Å². The molecule has 2 rings (SSSR count). The summed E-state index contributed by atoms with van der Waals surface area (Å²) in [6, 6.07) is 9.78. The lowest BCUT2D eigenvalue weighted by Gasteiger charge is -2.12. The largest absolute Gasteiger partial charge is 0.371 e. The monoisotopic (exact) mass is 335 g/mol. The van der Waals surface area contributed by atoms with Crippen LogP contribution in [-0.4, -0.2) is 30.0 Å². The second-order valence-electron chi connectivity index (χ2n) is 4.65. The van der Waals surface area contributed by atoms with Crippen LogP contribution >= 0.6 is 7.60 Å². The molecule has 0 atom stereocenters. The lowest BCUT2D eigenvalue weighted by atomic mass is 10.3. The van der Waals surface area contributed by atoms with E-state index in [4.69, 9.17) is 9.05 Å². The molecule has 6 nitrogen and oxygen atoms in total. The number of para-hydroxylation sites is 1. The fourth-order valence-electron chi connectivity index (χ4n) is 2.07. The van der Waals surface area contributed by atoms with Crippen molar-refractivity contribution in [3.63, 3.8) is 0 Å². The third kappa shape index (κ3) is 4.55. The number of benzene rings is 1. The molecule has 0 amide bonds. The van der Waals surface area contributed by atoms with Gasteiger partial charge in [0.25, 0.3) is 0 Å². The van der Waals surface area contributed by atoms with E-state index in [1.807, 2.05) is 36.5 Å². The number of hydrogen-bond acceptors (Lipinski definition) is 5. The molecule has 1 N–H and O–H groups in total. The average molecular weight is 335 g/mol. The van der Waals surface area contributed by atoms with E-state index in [2.05, 4.69) is 10.4 Å². The Labute approximate surface area is 136 Å². The van der Waals surface area contributed by atoms with E-state index in [1.165, 1.54) is 5.82 Å². The molecule has 0 unspecified atom stereocenters. The highest BCUT2D eigenvalue weighted by atomic mass is 31.2. The summed E-state index contributed by atoms with van der Waals surface area (Å²) in [7, 11) is -1.43. The summed E-state index contributed by atoms with van der Waals surface area (Å²) in [6.45, 7) is 4.21. The van der Waals surface area contributed by atoms with Crippen molar-refractivity contribution in [1.29, 1.82) is 0 Å². The van der Waals surface area contributed by atoms with Crippen molar-refractivity contribution in [2.24, 2.45) is 0 Å². The maximum Gasteiger partial charge on any atom is 0.354 e. The Morgan fingerprint density at radius 1 is 1.22 bits per heavy atom. The summed E-state index contributed by atoms with van der Waals surface area (Å²) >= 11 is 0. The van der Waals surface area contributed by atoms with Crippen molar-refractivity contribution < 1.29 is 13.6 Å². The number of nitrogens with zero attached hydrogens (tertiary/aromatic N) is 2. The van der Waals surface area contributed by atoms with Gasteiger partial charge in [-0.25, -0.2) is 4.68 Å². The number of aromatic nitrogens is 2. The standard InChI is InChI=1S/C16H22N3O3P/c1-4-21-23(20,22-5-2)12-11-14-13-19(18-16(14)17-3)15-9-7-6-8-10-15/h6-13H,4-5H2,1-3H3,(H,17,18)/b12-11+. The summed E-state index contributed by atoms with van der Waals surface area (Å²) in [6.07, 6.45) is 3.57. The zero-order valence-electron chi connectivity index (χ0n) is 13.6. The zero-order chi connectivity index (χ0) is 16.7. The van der Waals surface area contributed by atoms with Crippen LogP contribution in [0.3, 0.4) is 0 Å². The maximum absolute atomic E-state index is 12.5. The summed E-state index contributed by atoms with van der Waals surface area (Å²) in [5, 5.41) is 7.51. The molecule has 7 heteroatoms. The molecule has 23 heavy (non-hydrogen) atoms. The molecule has 1 aromatic heterocycles. The average Bonchev–Trinajstić information content (AvgIpc) is 2.98. The van der Waals surface area contributed by atoms with Gasteiger partial charge in [0.1, 0.15) is 0 Å². The minimum atomic E-state index is -3.22. The van der Waals surface area contributed by atoms with Crippen molar-refractivity contribution in [3.05, 3.63) is 47.9 Å². The molecule has 124 valence electrons. The van der Waals surface area contributed by atoms with Crippen LogP contribution in [0.2, 0.25) is 0 Å². The lowest BCUT2D eigenvalue weighted by molar-refractivity contribution is 0.229. The molecule has 0 fully saturated rings. The highest BCUT2D eigenvalue weighted by Gasteiger charge is 2.19. The molecule has 0 bridgehead atoms. The van der Waals surface area contributed by atoms with E-state index in [-0.39, 0.29) is 0 Å². The molecule has 1 heterocycles. The molecule has 0 aliphatic heterocycles. The Hall–Kier alpha value is -1.88. The minimum Gasteiger partial charge on any atom is -0.371 e. The molecule has 0 spiro atoms. The topological polar surface area (TPSA) is 65.4 Å².